The average Bonchev–Trinajstić information content (AvgIpc) is 2.77. The van der Waals surface area contributed by atoms with E-state index in [4.69, 9.17) is 4.42 Å². The molecule has 0 radical (unpaired) electrons. The van der Waals surface area contributed by atoms with Crippen molar-refractivity contribution in [3.05, 3.63) is 24.2 Å². The van der Waals surface area contributed by atoms with Crippen LogP contribution in [0.15, 0.2) is 22.8 Å². The van der Waals surface area contributed by atoms with Gasteiger partial charge in [0, 0.05) is 0 Å². The van der Waals surface area contributed by atoms with Crippen LogP contribution >= 0.6 is 15.9 Å². The van der Waals surface area contributed by atoms with Gasteiger partial charge in [-0.05, 0) is 24.5 Å². The number of halogens is 1. The van der Waals surface area contributed by atoms with Crippen molar-refractivity contribution in [1.82, 2.24) is 5.32 Å². The second-order valence-corrected chi connectivity index (χ2v) is 5.12. The van der Waals surface area contributed by atoms with Crippen molar-refractivity contribution in [3.8, 4) is 0 Å². The standard InChI is InChI=1S/C12H18BrNO2/c1-4-9(10-6-5-7-16-10)14-12(15)11(13)8(2)3/h5-9,11H,4H2,1-3H3,(H,14,15). The minimum absolute atomic E-state index is 0.0123. The van der Waals surface area contributed by atoms with Gasteiger partial charge in [0.1, 0.15) is 5.76 Å². The van der Waals surface area contributed by atoms with E-state index in [0.717, 1.165) is 12.2 Å². The summed E-state index contributed by atoms with van der Waals surface area (Å²) >= 11 is 3.39. The fourth-order valence-electron chi connectivity index (χ4n) is 1.42. The van der Waals surface area contributed by atoms with Gasteiger partial charge in [0.05, 0.1) is 17.1 Å². The summed E-state index contributed by atoms with van der Waals surface area (Å²) in [7, 11) is 0. The number of rotatable bonds is 5. The second kappa shape index (κ2) is 6.09. The van der Waals surface area contributed by atoms with Gasteiger partial charge in [0.15, 0.2) is 0 Å². The molecule has 90 valence electrons. The number of furan rings is 1. The molecule has 1 N–H and O–H groups in total. The Morgan fingerprint density at radius 3 is 2.69 bits per heavy atom. The molecule has 1 aromatic rings. The Morgan fingerprint density at radius 1 is 1.56 bits per heavy atom. The molecule has 16 heavy (non-hydrogen) atoms. The fourth-order valence-corrected chi connectivity index (χ4v) is 1.55. The fraction of sp³-hybridized carbons (Fsp3) is 0.583. The number of hydrogen-bond acceptors (Lipinski definition) is 2. The smallest absolute Gasteiger partial charge is 0.234 e. The molecular formula is C12H18BrNO2. The largest absolute Gasteiger partial charge is 0.467 e. The van der Waals surface area contributed by atoms with Gasteiger partial charge >= 0.3 is 0 Å². The van der Waals surface area contributed by atoms with E-state index in [9.17, 15) is 4.79 Å². The van der Waals surface area contributed by atoms with Crippen LogP contribution < -0.4 is 5.32 Å². The maximum absolute atomic E-state index is 11.8. The minimum Gasteiger partial charge on any atom is -0.467 e. The number of alkyl halides is 1. The van der Waals surface area contributed by atoms with Crippen LogP contribution in [-0.4, -0.2) is 10.7 Å². The molecule has 0 spiro atoms. The minimum atomic E-state index is -0.156. The third-order valence-electron chi connectivity index (χ3n) is 2.45. The Morgan fingerprint density at radius 2 is 2.25 bits per heavy atom. The highest BCUT2D eigenvalue weighted by Crippen LogP contribution is 2.19. The van der Waals surface area contributed by atoms with Gasteiger partial charge in [-0.3, -0.25) is 4.79 Å². The zero-order chi connectivity index (χ0) is 12.1. The van der Waals surface area contributed by atoms with Crippen LogP contribution in [0.5, 0.6) is 0 Å². The van der Waals surface area contributed by atoms with Crippen LogP contribution in [0.25, 0.3) is 0 Å². The topological polar surface area (TPSA) is 42.2 Å². The van der Waals surface area contributed by atoms with E-state index in [2.05, 4.69) is 21.2 Å². The van der Waals surface area contributed by atoms with Crippen molar-refractivity contribution in [1.29, 1.82) is 0 Å². The zero-order valence-corrected chi connectivity index (χ0v) is 11.5. The lowest BCUT2D eigenvalue weighted by Crippen LogP contribution is -2.36. The molecule has 0 aliphatic carbocycles. The van der Waals surface area contributed by atoms with Gasteiger partial charge in [-0.15, -0.1) is 0 Å². The summed E-state index contributed by atoms with van der Waals surface area (Å²) < 4.78 is 5.30. The number of carbonyl (C=O) groups is 1. The molecule has 1 rings (SSSR count). The third kappa shape index (κ3) is 3.37. The first-order valence-corrected chi connectivity index (χ1v) is 6.45. The van der Waals surface area contributed by atoms with E-state index in [-0.39, 0.29) is 22.7 Å². The predicted octanol–water partition coefficient (Wildman–Crippen LogP) is 3.27. The summed E-state index contributed by atoms with van der Waals surface area (Å²) in [5.74, 6) is 1.09. The first kappa shape index (κ1) is 13.3. The molecule has 1 heterocycles. The summed E-state index contributed by atoms with van der Waals surface area (Å²) in [5.41, 5.74) is 0. The van der Waals surface area contributed by atoms with E-state index in [1.54, 1.807) is 6.26 Å². The normalized spacial score (nSPS) is 14.8. The Hall–Kier alpha value is -0.770. The first-order chi connectivity index (χ1) is 7.56. The molecule has 0 bridgehead atoms. The predicted molar refractivity (Wildman–Crippen MR) is 67.4 cm³/mol. The molecule has 4 heteroatoms. The Balaban J connectivity index is 2.61. The highest BCUT2D eigenvalue weighted by atomic mass is 79.9. The lowest BCUT2D eigenvalue weighted by molar-refractivity contribution is -0.122. The van der Waals surface area contributed by atoms with Crippen molar-refractivity contribution in [2.24, 2.45) is 5.92 Å². The summed E-state index contributed by atoms with van der Waals surface area (Å²) in [5, 5.41) is 2.97. The summed E-state index contributed by atoms with van der Waals surface area (Å²) in [6, 6.07) is 3.67. The number of carbonyl (C=O) groups excluding carboxylic acids is 1. The Kier molecular flexibility index (Phi) is 5.06. The van der Waals surface area contributed by atoms with Crippen LogP contribution in [0.4, 0.5) is 0 Å². The number of amides is 1. The maximum atomic E-state index is 11.8. The van der Waals surface area contributed by atoms with E-state index < -0.39 is 0 Å². The molecule has 0 aromatic carbocycles. The second-order valence-electron chi connectivity index (χ2n) is 4.13. The van der Waals surface area contributed by atoms with Gasteiger partial charge in [-0.2, -0.15) is 0 Å². The molecule has 3 nitrogen and oxygen atoms in total. The molecule has 0 aliphatic rings. The monoisotopic (exact) mass is 287 g/mol. The molecule has 0 saturated carbocycles. The van der Waals surface area contributed by atoms with Crippen molar-refractivity contribution in [2.45, 2.75) is 38.1 Å². The zero-order valence-electron chi connectivity index (χ0n) is 9.87. The molecule has 0 saturated heterocycles. The summed E-state index contributed by atoms with van der Waals surface area (Å²) in [6.07, 6.45) is 2.44. The highest BCUT2D eigenvalue weighted by Gasteiger charge is 2.22. The van der Waals surface area contributed by atoms with Crippen molar-refractivity contribution >= 4 is 21.8 Å². The van der Waals surface area contributed by atoms with Gasteiger partial charge < -0.3 is 9.73 Å². The van der Waals surface area contributed by atoms with Crippen LogP contribution in [0.1, 0.15) is 39.0 Å². The summed E-state index contributed by atoms with van der Waals surface area (Å²) in [6.45, 7) is 6.03. The molecule has 2 atom stereocenters. The van der Waals surface area contributed by atoms with Crippen molar-refractivity contribution < 1.29 is 9.21 Å². The first-order valence-electron chi connectivity index (χ1n) is 5.54. The molecule has 1 amide bonds. The van der Waals surface area contributed by atoms with E-state index in [0.29, 0.717) is 0 Å². The maximum Gasteiger partial charge on any atom is 0.234 e. The third-order valence-corrected chi connectivity index (χ3v) is 3.92. The van der Waals surface area contributed by atoms with Gasteiger partial charge in [-0.1, -0.05) is 36.7 Å². The van der Waals surface area contributed by atoms with Crippen LogP contribution in [-0.2, 0) is 4.79 Å². The number of hydrogen-bond donors (Lipinski definition) is 1. The molecule has 0 aliphatic heterocycles. The van der Waals surface area contributed by atoms with Crippen LogP contribution in [0.2, 0.25) is 0 Å². The van der Waals surface area contributed by atoms with Gasteiger partial charge in [0.2, 0.25) is 5.91 Å². The highest BCUT2D eigenvalue weighted by molar-refractivity contribution is 9.10. The Bertz CT molecular complexity index is 322. The molecule has 2 unspecified atom stereocenters. The van der Waals surface area contributed by atoms with E-state index in [1.165, 1.54) is 0 Å². The molecule has 1 aromatic heterocycles. The lowest BCUT2D eigenvalue weighted by atomic mass is 10.1. The Labute approximate surface area is 105 Å². The molecular weight excluding hydrogens is 270 g/mol. The number of nitrogens with one attached hydrogen (secondary N) is 1. The SMILES string of the molecule is CCC(NC(=O)C(Br)C(C)C)c1ccco1. The summed E-state index contributed by atoms with van der Waals surface area (Å²) in [4.78, 5) is 11.7. The van der Waals surface area contributed by atoms with Crippen LogP contribution in [0, 0.1) is 5.92 Å². The average molecular weight is 288 g/mol. The van der Waals surface area contributed by atoms with Crippen LogP contribution in [0.3, 0.4) is 0 Å². The quantitative estimate of drug-likeness (QED) is 0.845. The molecule has 0 fully saturated rings. The van der Waals surface area contributed by atoms with Gasteiger partial charge in [-0.25, -0.2) is 0 Å². The van der Waals surface area contributed by atoms with Gasteiger partial charge in [0.25, 0.3) is 0 Å². The lowest BCUT2D eigenvalue weighted by Gasteiger charge is -2.19. The van der Waals surface area contributed by atoms with E-state index >= 15 is 0 Å². The van der Waals surface area contributed by atoms with Crippen molar-refractivity contribution in [3.63, 3.8) is 0 Å². The van der Waals surface area contributed by atoms with E-state index in [1.807, 2.05) is 32.9 Å². The van der Waals surface area contributed by atoms with Crippen molar-refractivity contribution in [2.75, 3.05) is 0 Å².